The van der Waals surface area contributed by atoms with E-state index in [1.807, 2.05) is 0 Å². The van der Waals surface area contributed by atoms with Crippen LogP contribution in [0.2, 0.25) is 0 Å². The molecule has 28 heavy (non-hydrogen) atoms. The van der Waals surface area contributed by atoms with Crippen LogP contribution in [-0.4, -0.2) is 135 Å². The van der Waals surface area contributed by atoms with E-state index >= 15 is 0 Å². The average molecular weight is 415 g/mol. The molecule has 0 saturated carbocycles. The third-order valence-corrected chi connectivity index (χ3v) is 4.68. The highest BCUT2D eigenvalue weighted by atomic mass is 16.7. The number of aliphatic hydroxyl groups is 8. The van der Waals surface area contributed by atoms with Crippen molar-refractivity contribution in [1.82, 2.24) is 0 Å². The van der Waals surface area contributed by atoms with E-state index in [4.69, 9.17) is 24.7 Å². The van der Waals surface area contributed by atoms with Gasteiger partial charge in [0.2, 0.25) is 0 Å². The van der Waals surface area contributed by atoms with E-state index in [-0.39, 0.29) is 13.2 Å². The van der Waals surface area contributed by atoms with Gasteiger partial charge >= 0.3 is 0 Å². The first-order valence-electron chi connectivity index (χ1n) is 8.81. The van der Waals surface area contributed by atoms with Crippen LogP contribution >= 0.6 is 0 Å². The lowest BCUT2D eigenvalue weighted by Crippen LogP contribution is -2.60. The minimum Gasteiger partial charge on any atom is -0.394 e. The van der Waals surface area contributed by atoms with Gasteiger partial charge in [0.1, 0.15) is 48.8 Å². The number of rotatable bonds is 8. The molecule has 0 aliphatic carbocycles. The van der Waals surface area contributed by atoms with Crippen LogP contribution in [0.3, 0.4) is 0 Å². The molecule has 2 heterocycles. The van der Waals surface area contributed by atoms with Crippen molar-refractivity contribution in [3.63, 3.8) is 0 Å². The van der Waals surface area contributed by atoms with E-state index in [9.17, 15) is 40.9 Å². The Morgan fingerprint density at radius 2 is 1.04 bits per heavy atom. The summed E-state index contributed by atoms with van der Waals surface area (Å²) in [7, 11) is 0. The quantitative estimate of drug-likeness (QED) is 0.180. The fraction of sp³-hybridized carbons (Fsp3) is 1.00. The molecule has 2 fully saturated rings. The zero-order valence-electron chi connectivity index (χ0n) is 15.0. The molecule has 13 heteroatoms. The lowest BCUT2D eigenvalue weighted by atomic mass is 9.99. The van der Waals surface area contributed by atoms with E-state index < -0.39 is 80.7 Å². The summed E-state index contributed by atoms with van der Waals surface area (Å²) in [6.45, 7) is -1.60. The Kier molecular flexibility index (Phi) is 8.90. The molecule has 0 amide bonds. The van der Waals surface area contributed by atoms with Gasteiger partial charge in [-0.1, -0.05) is 0 Å². The summed E-state index contributed by atoms with van der Waals surface area (Å²) in [4.78, 5) is 0. The van der Waals surface area contributed by atoms with Gasteiger partial charge in [0.15, 0.2) is 12.6 Å². The Bertz CT molecular complexity index is 428. The maximum Gasteiger partial charge on any atom is 0.184 e. The lowest BCUT2D eigenvalue weighted by Gasteiger charge is -2.41. The maximum absolute atomic E-state index is 9.98. The van der Waals surface area contributed by atoms with E-state index in [0.717, 1.165) is 0 Å². The number of nitrogens with two attached hydrogens (primary N) is 1. The van der Waals surface area contributed by atoms with Gasteiger partial charge in [0.05, 0.1) is 32.5 Å². The SMILES string of the molecule is NC(CO[C@H]1[C@H](O)[C@H](O)[C@@H](O)O[C@@H]1CO)CO[C@H]1[C@H](O)[C@H](O)[C@@H](O)O[C@@H]1CO. The third kappa shape index (κ3) is 5.34. The summed E-state index contributed by atoms with van der Waals surface area (Å²) in [5, 5.41) is 76.7. The zero-order valence-corrected chi connectivity index (χ0v) is 15.0. The van der Waals surface area contributed by atoms with Gasteiger partial charge in [-0.15, -0.1) is 0 Å². The van der Waals surface area contributed by atoms with Crippen molar-refractivity contribution in [3.8, 4) is 0 Å². The molecule has 0 aromatic rings. The first-order valence-corrected chi connectivity index (χ1v) is 8.81. The molecule has 0 radical (unpaired) electrons. The predicted molar refractivity (Wildman–Crippen MR) is 87.4 cm³/mol. The van der Waals surface area contributed by atoms with Gasteiger partial charge in [0, 0.05) is 0 Å². The largest absolute Gasteiger partial charge is 0.394 e. The summed E-state index contributed by atoms with van der Waals surface area (Å²) >= 11 is 0. The Balaban J connectivity index is 1.85. The van der Waals surface area contributed by atoms with Crippen LogP contribution in [0, 0.1) is 0 Å². The first-order chi connectivity index (χ1) is 13.2. The minimum atomic E-state index is -1.67. The van der Waals surface area contributed by atoms with Gasteiger partial charge in [-0.25, -0.2) is 0 Å². The lowest BCUT2D eigenvalue weighted by molar-refractivity contribution is -0.298. The van der Waals surface area contributed by atoms with Crippen LogP contribution in [0.4, 0.5) is 0 Å². The van der Waals surface area contributed by atoms with Crippen molar-refractivity contribution in [1.29, 1.82) is 0 Å². The Morgan fingerprint density at radius 1 is 0.679 bits per heavy atom. The molecule has 2 aliphatic heterocycles. The van der Waals surface area contributed by atoms with Crippen LogP contribution in [0.25, 0.3) is 0 Å². The second kappa shape index (κ2) is 10.5. The summed E-state index contributed by atoms with van der Waals surface area (Å²) < 4.78 is 20.7. The van der Waals surface area contributed by atoms with Gasteiger partial charge in [-0.05, 0) is 0 Å². The molecule has 2 saturated heterocycles. The molecule has 0 bridgehead atoms. The second-order valence-corrected chi connectivity index (χ2v) is 6.81. The van der Waals surface area contributed by atoms with Crippen molar-refractivity contribution < 1.29 is 59.8 Å². The topological polar surface area (TPSA) is 225 Å². The van der Waals surface area contributed by atoms with E-state index in [2.05, 4.69) is 0 Å². The summed E-state index contributed by atoms with van der Waals surface area (Å²) in [6, 6.07) is -0.814. The fourth-order valence-corrected chi connectivity index (χ4v) is 3.06. The molecule has 10 atom stereocenters. The third-order valence-electron chi connectivity index (χ3n) is 4.68. The molecule has 13 nitrogen and oxygen atoms in total. The van der Waals surface area contributed by atoms with Crippen molar-refractivity contribution in [2.75, 3.05) is 26.4 Å². The van der Waals surface area contributed by atoms with Gasteiger partial charge in [-0.2, -0.15) is 0 Å². The Labute approximate surface area is 160 Å². The maximum atomic E-state index is 9.98. The van der Waals surface area contributed by atoms with Crippen LogP contribution in [0.15, 0.2) is 0 Å². The van der Waals surface area contributed by atoms with E-state index in [1.54, 1.807) is 0 Å². The normalized spacial score (nSPS) is 44.8. The van der Waals surface area contributed by atoms with Crippen LogP contribution in [0.5, 0.6) is 0 Å². The van der Waals surface area contributed by atoms with Crippen molar-refractivity contribution in [2.24, 2.45) is 5.73 Å². The molecule has 0 spiro atoms. The molecule has 0 aromatic carbocycles. The summed E-state index contributed by atoms with van der Waals surface area (Å²) in [5.41, 5.74) is 5.85. The molecule has 10 N–H and O–H groups in total. The first kappa shape index (κ1) is 23.8. The molecule has 0 aromatic heterocycles. The van der Waals surface area contributed by atoms with Gasteiger partial charge in [0.25, 0.3) is 0 Å². The number of hydrogen-bond donors (Lipinski definition) is 9. The predicted octanol–water partition coefficient (Wildman–Crippen LogP) is -6.05. The molecule has 2 aliphatic rings. The molecule has 2 rings (SSSR count). The van der Waals surface area contributed by atoms with Crippen LogP contribution in [-0.2, 0) is 18.9 Å². The Morgan fingerprint density at radius 3 is 1.36 bits per heavy atom. The minimum absolute atomic E-state index is 0.219. The van der Waals surface area contributed by atoms with Crippen molar-refractivity contribution >= 4 is 0 Å². The highest BCUT2D eigenvalue weighted by Crippen LogP contribution is 2.24. The standard InChI is InChI=1S/C15H29NO12/c16-5(3-25-12-6(1-17)27-14(23)10(21)8(12)19)4-26-13-7(2-18)28-15(24)11(22)9(13)20/h5-15,17-24H,1-4,16H2/t6-,7-,8-,9-,10+,11+,12-,13-,14+,15+/m1/s1. The van der Waals surface area contributed by atoms with E-state index in [1.165, 1.54) is 0 Å². The molecular weight excluding hydrogens is 386 g/mol. The van der Waals surface area contributed by atoms with Crippen molar-refractivity contribution in [3.05, 3.63) is 0 Å². The zero-order chi connectivity index (χ0) is 21.0. The number of aliphatic hydroxyl groups excluding tert-OH is 8. The summed E-state index contributed by atoms with van der Waals surface area (Å²) in [5.74, 6) is 0. The smallest absolute Gasteiger partial charge is 0.184 e. The highest BCUT2D eigenvalue weighted by molar-refractivity contribution is 4.91. The monoisotopic (exact) mass is 415 g/mol. The van der Waals surface area contributed by atoms with Gasteiger partial charge in [-0.3, -0.25) is 0 Å². The average Bonchev–Trinajstić information content (AvgIpc) is 2.68. The van der Waals surface area contributed by atoms with Crippen molar-refractivity contribution in [2.45, 2.75) is 67.5 Å². The fourth-order valence-electron chi connectivity index (χ4n) is 3.06. The summed E-state index contributed by atoms with van der Waals surface area (Å²) in [6.07, 6.45) is -14.2. The molecular formula is C15H29NO12. The van der Waals surface area contributed by atoms with Gasteiger partial charge < -0.3 is 65.5 Å². The van der Waals surface area contributed by atoms with Crippen LogP contribution < -0.4 is 5.73 Å². The Hall–Kier alpha value is -0.520. The van der Waals surface area contributed by atoms with Crippen LogP contribution in [0.1, 0.15) is 0 Å². The second-order valence-electron chi connectivity index (χ2n) is 6.81. The number of hydrogen-bond acceptors (Lipinski definition) is 13. The molecule has 0 unspecified atom stereocenters. The highest BCUT2D eigenvalue weighted by Gasteiger charge is 2.46. The molecule has 166 valence electrons. The van der Waals surface area contributed by atoms with E-state index in [0.29, 0.717) is 0 Å². The number of ether oxygens (including phenoxy) is 4.